The van der Waals surface area contributed by atoms with Crippen molar-refractivity contribution in [2.24, 2.45) is 0 Å². The number of aryl methyl sites for hydroxylation is 1. The summed E-state index contributed by atoms with van der Waals surface area (Å²) in [5.74, 6) is 0.0516. The van der Waals surface area contributed by atoms with Crippen molar-refractivity contribution in [3.63, 3.8) is 0 Å². The summed E-state index contributed by atoms with van der Waals surface area (Å²) in [4.78, 5) is 14.8. The lowest BCUT2D eigenvalue weighted by Gasteiger charge is -2.41. The van der Waals surface area contributed by atoms with Crippen molar-refractivity contribution in [2.75, 3.05) is 18.4 Å². The third-order valence-corrected chi connectivity index (χ3v) is 7.07. The summed E-state index contributed by atoms with van der Waals surface area (Å²) in [5, 5.41) is 26.7. The van der Waals surface area contributed by atoms with Crippen LogP contribution >= 0.6 is 11.3 Å². The summed E-state index contributed by atoms with van der Waals surface area (Å²) >= 11 is 1.61. The van der Waals surface area contributed by atoms with E-state index in [1.54, 1.807) is 11.3 Å². The van der Waals surface area contributed by atoms with Gasteiger partial charge in [-0.3, -0.25) is 9.69 Å². The molecule has 2 aliphatic rings. The Labute approximate surface area is 163 Å². The normalized spacial score (nSPS) is 22.0. The van der Waals surface area contributed by atoms with E-state index in [1.165, 1.54) is 0 Å². The van der Waals surface area contributed by atoms with Gasteiger partial charge >= 0.3 is 0 Å². The topological polar surface area (TPSA) is 72.8 Å². The second-order valence-corrected chi connectivity index (χ2v) is 8.64. The fourth-order valence-electron chi connectivity index (χ4n) is 4.16. The molecule has 0 spiro atoms. The maximum absolute atomic E-state index is 11.5. The minimum absolute atomic E-state index is 0.0332. The summed E-state index contributed by atoms with van der Waals surface area (Å²) in [7, 11) is 0. The van der Waals surface area contributed by atoms with Crippen molar-refractivity contribution in [1.82, 2.24) is 4.90 Å². The number of nitrogens with zero attached hydrogens (tertiary/aromatic N) is 1. The highest BCUT2D eigenvalue weighted by atomic mass is 32.1. The second kappa shape index (κ2) is 7.36. The molecular weight excluding hydrogens is 360 g/mol. The molecule has 0 aliphatic carbocycles. The van der Waals surface area contributed by atoms with Crippen LogP contribution in [0.25, 0.3) is 0 Å². The van der Waals surface area contributed by atoms with Gasteiger partial charge in [0.2, 0.25) is 5.91 Å². The summed E-state index contributed by atoms with van der Waals surface area (Å²) in [6.07, 6.45) is 1.98. The van der Waals surface area contributed by atoms with Gasteiger partial charge in [-0.05, 0) is 54.8 Å². The van der Waals surface area contributed by atoms with Crippen LogP contribution in [0, 0.1) is 0 Å². The number of anilines is 1. The third-order valence-electron chi connectivity index (χ3n) is 6.00. The van der Waals surface area contributed by atoms with Crippen molar-refractivity contribution in [1.29, 1.82) is 0 Å². The van der Waals surface area contributed by atoms with Gasteiger partial charge in [-0.25, -0.2) is 0 Å². The maximum Gasteiger partial charge on any atom is 0.224 e. The fourth-order valence-corrected chi connectivity index (χ4v) is 5.04. The molecule has 0 saturated carbocycles. The van der Waals surface area contributed by atoms with E-state index >= 15 is 0 Å². The van der Waals surface area contributed by atoms with Gasteiger partial charge in [0.05, 0.1) is 6.10 Å². The molecule has 1 saturated heterocycles. The van der Waals surface area contributed by atoms with E-state index in [1.807, 2.05) is 42.6 Å². The minimum atomic E-state index is -0.737. The molecule has 3 N–H and O–H groups in total. The molecule has 144 valence electrons. The molecule has 1 aromatic carbocycles. The van der Waals surface area contributed by atoms with Crippen LogP contribution in [-0.4, -0.2) is 40.2 Å². The first-order valence-electron chi connectivity index (χ1n) is 9.57. The van der Waals surface area contributed by atoms with Crippen molar-refractivity contribution in [3.05, 3.63) is 51.7 Å². The van der Waals surface area contributed by atoms with Crippen molar-refractivity contribution in [3.8, 4) is 0 Å². The van der Waals surface area contributed by atoms with Crippen LogP contribution in [0.1, 0.15) is 48.3 Å². The van der Waals surface area contributed by atoms with E-state index in [-0.39, 0.29) is 11.9 Å². The molecule has 1 amide bonds. The summed E-state index contributed by atoms with van der Waals surface area (Å²) in [6, 6.07) is 9.76. The molecule has 1 aromatic heterocycles. The molecule has 27 heavy (non-hydrogen) atoms. The number of hydrogen-bond acceptors (Lipinski definition) is 5. The van der Waals surface area contributed by atoms with Gasteiger partial charge in [0.25, 0.3) is 0 Å². The Hall–Kier alpha value is -1.73. The molecule has 5 nitrogen and oxygen atoms in total. The zero-order valence-electron chi connectivity index (χ0n) is 15.5. The lowest BCUT2D eigenvalue weighted by atomic mass is 9.88. The van der Waals surface area contributed by atoms with Gasteiger partial charge < -0.3 is 15.5 Å². The van der Waals surface area contributed by atoms with Crippen molar-refractivity contribution < 1.29 is 15.0 Å². The highest BCUT2D eigenvalue weighted by Crippen LogP contribution is 2.37. The van der Waals surface area contributed by atoms with E-state index in [4.69, 9.17) is 0 Å². The van der Waals surface area contributed by atoms with Crippen LogP contribution in [-0.2, 0) is 16.8 Å². The smallest absolute Gasteiger partial charge is 0.224 e. The SMILES string of the molecule is CC(C(O)c1ccc2c(c1)CCC(=O)N2)N1CCC(O)(c2cccs2)CC1. The maximum atomic E-state index is 11.5. The first-order valence-corrected chi connectivity index (χ1v) is 10.5. The predicted molar refractivity (Wildman–Crippen MR) is 107 cm³/mol. The number of rotatable bonds is 4. The molecule has 2 atom stereocenters. The molecule has 0 bridgehead atoms. The molecule has 1 fully saturated rings. The molecule has 2 aromatic rings. The van der Waals surface area contributed by atoms with Crippen molar-refractivity contribution in [2.45, 2.75) is 50.4 Å². The van der Waals surface area contributed by atoms with Gasteiger partial charge in [-0.15, -0.1) is 11.3 Å². The average molecular weight is 387 g/mol. The predicted octanol–water partition coefficient (Wildman–Crippen LogP) is 3.04. The molecule has 2 unspecified atom stereocenters. The second-order valence-electron chi connectivity index (χ2n) is 7.70. The van der Waals surface area contributed by atoms with Gasteiger partial charge in [-0.1, -0.05) is 18.2 Å². The van der Waals surface area contributed by atoms with Gasteiger partial charge in [0, 0.05) is 36.1 Å². The number of carbonyl (C=O) groups is 1. The zero-order valence-corrected chi connectivity index (χ0v) is 16.3. The highest BCUT2D eigenvalue weighted by Gasteiger charge is 2.37. The Bertz CT molecular complexity index is 813. The molecule has 0 radical (unpaired) electrons. The van der Waals surface area contributed by atoms with E-state index in [2.05, 4.69) is 10.2 Å². The number of benzene rings is 1. The van der Waals surface area contributed by atoms with E-state index < -0.39 is 11.7 Å². The summed E-state index contributed by atoms with van der Waals surface area (Å²) < 4.78 is 0. The largest absolute Gasteiger partial charge is 0.387 e. The lowest BCUT2D eigenvalue weighted by Crippen LogP contribution is -2.47. The van der Waals surface area contributed by atoms with Crippen LogP contribution in [0.15, 0.2) is 35.7 Å². The summed E-state index contributed by atoms with van der Waals surface area (Å²) in [6.45, 7) is 3.56. The van der Waals surface area contributed by atoms with Gasteiger partial charge in [0.1, 0.15) is 5.60 Å². The highest BCUT2D eigenvalue weighted by molar-refractivity contribution is 7.10. The van der Waals surface area contributed by atoms with Crippen molar-refractivity contribution >= 4 is 22.9 Å². The zero-order chi connectivity index (χ0) is 19.0. The Kier molecular flexibility index (Phi) is 5.07. The standard InChI is InChI=1S/C21H26N2O3S/c1-14(23-10-8-21(26,9-11-23)18-3-2-12-27-18)20(25)16-4-6-17-15(13-16)5-7-19(24)22-17/h2-4,6,12-14,20,25-26H,5,7-11H2,1H3,(H,22,24). The number of carbonyl (C=O) groups excluding carboxylic acids is 1. The lowest BCUT2D eigenvalue weighted by molar-refractivity contribution is -0.116. The number of hydrogen-bond donors (Lipinski definition) is 3. The van der Waals surface area contributed by atoms with E-state index in [9.17, 15) is 15.0 Å². The van der Waals surface area contributed by atoms with Crippen LogP contribution in [0.4, 0.5) is 5.69 Å². The number of likely N-dealkylation sites (tertiary alicyclic amines) is 1. The molecule has 4 rings (SSSR count). The fraction of sp³-hybridized carbons (Fsp3) is 0.476. The Morgan fingerprint density at radius 1 is 1.22 bits per heavy atom. The van der Waals surface area contributed by atoms with Crippen LogP contribution in [0.5, 0.6) is 0 Å². The van der Waals surface area contributed by atoms with Crippen LogP contribution < -0.4 is 5.32 Å². The van der Waals surface area contributed by atoms with E-state index in [0.717, 1.165) is 34.8 Å². The number of nitrogens with one attached hydrogen (secondary N) is 1. The van der Waals surface area contributed by atoms with Gasteiger partial charge in [0.15, 0.2) is 0 Å². The Morgan fingerprint density at radius 2 is 2.00 bits per heavy atom. The van der Waals surface area contributed by atoms with Crippen LogP contribution in [0.3, 0.4) is 0 Å². The number of aliphatic hydroxyl groups excluding tert-OH is 1. The number of amides is 1. The Balaban J connectivity index is 1.43. The summed E-state index contributed by atoms with van der Waals surface area (Å²) in [5.41, 5.74) is 2.09. The third kappa shape index (κ3) is 3.67. The molecule has 3 heterocycles. The first kappa shape index (κ1) is 18.6. The molecule has 2 aliphatic heterocycles. The first-order chi connectivity index (χ1) is 13.0. The molecule has 6 heteroatoms. The quantitative estimate of drug-likeness (QED) is 0.755. The van der Waals surface area contributed by atoms with Crippen LogP contribution in [0.2, 0.25) is 0 Å². The number of fused-ring (bicyclic) bond motifs is 1. The number of piperidine rings is 1. The minimum Gasteiger partial charge on any atom is -0.387 e. The van der Waals surface area contributed by atoms with E-state index in [0.29, 0.717) is 25.7 Å². The van der Waals surface area contributed by atoms with Gasteiger partial charge in [-0.2, -0.15) is 0 Å². The number of aliphatic hydroxyl groups is 2. The Morgan fingerprint density at radius 3 is 2.70 bits per heavy atom. The monoisotopic (exact) mass is 386 g/mol. The average Bonchev–Trinajstić information content (AvgIpc) is 3.23. The molecular formula is C21H26N2O3S. The number of thiophene rings is 1.